The summed E-state index contributed by atoms with van der Waals surface area (Å²) in [5, 5.41) is 3.39. The molecule has 1 heterocycles. The van der Waals surface area contributed by atoms with Gasteiger partial charge >= 0.3 is 0 Å². The molecule has 0 N–H and O–H groups in total. The highest BCUT2D eigenvalue weighted by atomic mass is 16.7. The summed E-state index contributed by atoms with van der Waals surface area (Å²) in [7, 11) is 0. The van der Waals surface area contributed by atoms with E-state index in [2.05, 4.69) is 10.0 Å². The van der Waals surface area contributed by atoms with Crippen LogP contribution in [0.15, 0.2) is 5.11 Å². The molecular weight excluding hydrogens is 158 g/mol. The molecule has 1 saturated carbocycles. The Morgan fingerprint density at radius 3 is 2.58 bits per heavy atom. The van der Waals surface area contributed by atoms with Gasteiger partial charge in [0, 0.05) is 10.3 Å². The van der Waals surface area contributed by atoms with Crippen LogP contribution in [0.25, 0.3) is 10.4 Å². The quantitative estimate of drug-likeness (QED) is 0.356. The summed E-state index contributed by atoms with van der Waals surface area (Å²) < 4.78 is 10.7. The fourth-order valence-electron chi connectivity index (χ4n) is 1.30. The normalized spacial score (nSPS) is 26.7. The van der Waals surface area contributed by atoms with E-state index in [1.807, 2.05) is 0 Å². The summed E-state index contributed by atoms with van der Waals surface area (Å²) in [4.78, 5) is 2.65. The number of azide groups is 1. The second-order valence-electron chi connectivity index (χ2n) is 3.47. The summed E-state index contributed by atoms with van der Waals surface area (Å²) in [6.45, 7) is 1.81. The molecule has 2 fully saturated rings. The van der Waals surface area contributed by atoms with Crippen molar-refractivity contribution in [3.8, 4) is 0 Å². The van der Waals surface area contributed by atoms with Gasteiger partial charge in [0.1, 0.15) is 0 Å². The van der Waals surface area contributed by atoms with Gasteiger partial charge in [-0.05, 0) is 18.4 Å². The molecule has 1 spiro atoms. The molecule has 5 heteroatoms. The van der Waals surface area contributed by atoms with Crippen molar-refractivity contribution in [3.63, 3.8) is 0 Å². The number of hydrogen-bond donors (Lipinski definition) is 0. The summed E-state index contributed by atoms with van der Waals surface area (Å²) >= 11 is 0. The van der Waals surface area contributed by atoms with Crippen LogP contribution in [0.4, 0.5) is 0 Å². The molecular formula is C7H11N3O2. The fourth-order valence-corrected chi connectivity index (χ4v) is 1.30. The van der Waals surface area contributed by atoms with Gasteiger partial charge in [0.15, 0.2) is 6.29 Å². The molecule has 12 heavy (non-hydrogen) atoms. The fraction of sp³-hybridized carbons (Fsp3) is 1.00. The molecule has 0 aromatic carbocycles. The Balaban J connectivity index is 1.78. The van der Waals surface area contributed by atoms with Crippen LogP contribution in [0.3, 0.4) is 0 Å². The zero-order valence-electron chi connectivity index (χ0n) is 6.77. The average Bonchev–Trinajstić information content (AvgIpc) is 2.85. The standard InChI is InChI=1S/C7H11N3O2/c8-10-9-3-6-11-4-7(1-2-7)5-12-6/h6H,1-5H2. The van der Waals surface area contributed by atoms with E-state index in [9.17, 15) is 0 Å². The van der Waals surface area contributed by atoms with Crippen molar-refractivity contribution in [3.05, 3.63) is 10.4 Å². The zero-order chi connectivity index (χ0) is 8.44. The van der Waals surface area contributed by atoms with E-state index in [4.69, 9.17) is 15.0 Å². The first-order valence-corrected chi connectivity index (χ1v) is 4.09. The molecule has 0 unspecified atom stereocenters. The molecule has 1 saturated heterocycles. The third-order valence-corrected chi connectivity index (χ3v) is 2.40. The third-order valence-electron chi connectivity index (χ3n) is 2.40. The van der Waals surface area contributed by atoms with Crippen molar-refractivity contribution in [2.45, 2.75) is 19.1 Å². The Kier molecular flexibility index (Phi) is 1.92. The van der Waals surface area contributed by atoms with Crippen molar-refractivity contribution >= 4 is 0 Å². The molecule has 0 amide bonds. The summed E-state index contributed by atoms with van der Waals surface area (Å²) in [6, 6.07) is 0. The molecule has 0 atom stereocenters. The first kappa shape index (κ1) is 7.86. The molecule has 0 aromatic rings. The highest BCUT2D eigenvalue weighted by Gasteiger charge is 2.46. The largest absolute Gasteiger partial charge is 0.352 e. The van der Waals surface area contributed by atoms with Crippen molar-refractivity contribution in [1.29, 1.82) is 0 Å². The van der Waals surface area contributed by atoms with Crippen molar-refractivity contribution in [2.24, 2.45) is 10.5 Å². The topological polar surface area (TPSA) is 67.2 Å². The lowest BCUT2D eigenvalue weighted by molar-refractivity contribution is -0.201. The molecule has 5 nitrogen and oxygen atoms in total. The number of rotatable bonds is 2. The van der Waals surface area contributed by atoms with Gasteiger partial charge in [-0.2, -0.15) is 0 Å². The van der Waals surface area contributed by atoms with Gasteiger partial charge in [0.2, 0.25) is 0 Å². The molecule has 2 rings (SSSR count). The number of hydrogen-bond acceptors (Lipinski definition) is 3. The van der Waals surface area contributed by atoms with Crippen LogP contribution >= 0.6 is 0 Å². The van der Waals surface area contributed by atoms with Gasteiger partial charge in [-0.15, -0.1) is 0 Å². The van der Waals surface area contributed by atoms with Crippen molar-refractivity contribution in [2.75, 3.05) is 19.8 Å². The van der Waals surface area contributed by atoms with Gasteiger partial charge < -0.3 is 9.47 Å². The predicted octanol–water partition coefficient (Wildman–Crippen LogP) is 1.45. The van der Waals surface area contributed by atoms with Crippen molar-refractivity contribution in [1.82, 2.24) is 0 Å². The zero-order valence-corrected chi connectivity index (χ0v) is 6.77. The highest BCUT2D eigenvalue weighted by Crippen LogP contribution is 2.48. The maximum Gasteiger partial charge on any atom is 0.163 e. The lowest BCUT2D eigenvalue weighted by atomic mass is 10.1. The monoisotopic (exact) mass is 169 g/mol. The van der Waals surface area contributed by atoms with Crippen LogP contribution in [0.2, 0.25) is 0 Å². The lowest BCUT2D eigenvalue weighted by Crippen LogP contribution is -2.34. The highest BCUT2D eigenvalue weighted by molar-refractivity contribution is 4.94. The first-order chi connectivity index (χ1) is 5.85. The Hall–Kier alpha value is -0.770. The molecule has 1 aliphatic heterocycles. The second-order valence-corrected chi connectivity index (χ2v) is 3.47. The minimum Gasteiger partial charge on any atom is -0.352 e. The molecule has 1 aliphatic carbocycles. The number of ether oxygens (including phenoxy) is 2. The van der Waals surface area contributed by atoms with Gasteiger partial charge in [-0.1, -0.05) is 5.11 Å². The minimum absolute atomic E-state index is 0.284. The second kappa shape index (κ2) is 2.94. The Morgan fingerprint density at radius 2 is 2.08 bits per heavy atom. The third kappa shape index (κ3) is 1.53. The number of nitrogens with zero attached hydrogens (tertiary/aromatic N) is 3. The lowest BCUT2D eigenvalue weighted by Gasteiger charge is -2.28. The van der Waals surface area contributed by atoms with E-state index >= 15 is 0 Å². The minimum atomic E-state index is -0.313. The molecule has 0 aromatic heterocycles. The van der Waals surface area contributed by atoms with Gasteiger partial charge in [-0.3, -0.25) is 0 Å². The predicted molar refractivity (Wildman–Crippen MR) is 41.4 cm³/mol. The van der Waals surface area contributed by atoms with E-state index in [1.165, 1.54) is 12.8 Å². The summed E-state index contributed by atoms with van der Waals surface area (Å²) in [5.74, 6) is 0. The van der Waals surface area contributed by atoms with Crippen LogP contribution in [0.1, 0.15) is 12.8 Å². The van der Waals surface area contributed by atoms with E-state index in [0.717, 1.165) is 13.2 Å². The van der Waals surface area contributed by atoms with E-state index in [-0.39, 0.29) is 12.8 Å². The Morgan fingerprint density at radius 1 is 1.42 bits per heavy atom. The van der Waals surface area contributed by atoms with E-state index < -0.39 is 0 Å². The molecule has 0 bridgehead atoms. The van der Waals surface area contributed by atoms with Gasteiger partial charge in [-0.25, -0.2) is 0 Å². The summed E-state index contributed by atoms with van der Waals surface area (Å²) in [6.07, 6.45) is 2.11. The van der Waals surface area contributed by atoms with Crippen LogP contribution < -0.4 is 0 Å². The van der Waals surface area contributed by atoms with Crippen LogP contribution in [-0.2, 0) is 9.47 Å². The first-order valence-electron chi connectivity index (χ1n) is 4.09. The van der Waals surface area contributed by atoms with E-state index in [0.29, 0.717) is 5.41 Å². The van der Waals surface area contributed by atoms with Gasteiger partial charge in [0.25, 0.3) is 0 Å². The Bertz CT molecular complexity index is 211. The van der Waals surface area contributed by atoms with Crippen LogP contribution in [0, 0.1) is 5.41 Å². The maximum atomic E-state index is 8.06. The van der Waals surface area contributed by atoms with Crippen LogP contribution in [-0.4, -0.2) is 26.0 Å². The SMILES string of the molecule is [N-]=[N+]=NCC1OCC2(CC2)CO1. The van der Waals surface area contributed by atoms with Crippen LogP contribution in [0.5, 0.6) is 0 Å². The average molecular weight is 169 g/mol. The van der Waals surface area contributed by atoms with Gasteiger partial charge in [0.05, 0.1) is 19.8 Å². The molecule has 0 radical (unpaired) electrons. The molecule has 2 aliphatic rings. The molecule has 66 valence electrons. The maximum absolute atomic E-state index is 8.06. The van der Waals surface area contributed by atoms with Crippen molar-refractivity contribution < 1.29 is 9.47 Å². The Labute approximate surface area is 70.3 Å². The summed E-state index contributed by atoms with van der Waals surface area (Å²) in [5.41, 5.74) is 8.39. The van der Waals surface area contributed by atoms with E-state index in [1.54, 1.807) is 0 Å². The smallest absolute Gasteiger partial charge is 0.163 e.